The molecule has 2 fully saturated rings. The van der Waals surface area contributed by atoms with Gasteiger partial charge < -0.3 is 9.47 Å². The van der Waals surface area contributed by atoms with E-state index in [1.165, 1.54) is 23.3 Å². The number of ether oxygens (including phenoxy) is 2. The third-order valence-electron chi connectivity index (χ3n) is 6.61. The molecule has 188 valence electrons. The van der Waals surface area contributed by atoms with Gasteiger partial charge in [-0.25, -0.2) is 27.2 Å². The minimum atomic E-state index is -3.98. The highest BCUT2D eigenvalue weighted by atomic mass is 32.2. The fraction of sp³-hybridized carbons (Fsp3) is 0.375. The van der Waals surface area contributed by atoms with E-state index in [1.807, 2.05) is 17.7 Å². The monoisotopic (exact) mass is 512 g/mol. The Morgan fingerprint density at radius 2 is 2.08 bits per heavy atom. The molecule has 0 amide bonds. The smallest absolute Gasteiger partial charge is 0.265 e. The maximum absolute atomic E-state index is 14.7. The zero-order valence-electron chi connectivity index (χ0n) is 19.6. The minimum absolute atomic E-state index is 0.0203. The quantitative estimate of drug-likeness (QED) is 0.420. The summed E-state index contributed by atoms with van der Waals surface area (Å²) in [5, 5.41) is 9.52. The second-order valence-corrected chi connectivity index (χ2v) is 10.8. The second kappa shape index (κ2) is 8.64. The van der Waals surface area contributed by atoms with Crippen molar-refractivity contribution in [3.05, 3.63) is 60.2 Å². The number of hydrogen-bond donors (Lipinski definition) is 1. The summed E-state index contributed by atoms with van der Waals surface area (Å²) in [4.78, 5) is 4.17. The number of nitrogens with zero attached hydrogens (tertiary/aromatic N) is 5. The van der Waals surface area contributed by atoms with Gasteiger partial charge >= 0.3 is 0 Å². The van der Waals surface area contributed by atoms with Crippen LogP contribution in [0, 0.1) is 6.92 Å². The van der Waals surface area contributed by atoms with Gasteiger partial charge in [-0.15, -0.1) is 0 Å². The molecule has 0 radical (unpaired) electrons. The van der Waals surface area contributed by atoms with E-state index in [1.54, 1.807) is 24.3 Å². The van der Waals surface area contributed by atoms with Gasteiger partial charge in [-0.3, -0.25) is 4.72 Å². The Kier molecular flexibility index (Phi) is 5.54. The molecule has 5 heterocycles. The summed E-state index contributed by atoms with van der Waals surface area (Å²) < 4.78 is 58.0. The summed E-state index contributed by atoms with van der Waals surface area (Å²) in [6.07, 6.45) is 6.82. The molecule has 0 bridgehead atoms. The first-order chi connectivity index (χ1) is 17.3. The maximum atomic E-state index is 14.7. The molecule has 36 heavy (non-hydrogen) atoms. The highest BCUT2D eigenvalue weighted by Crippen LogP contribution is 2.35. The van der Waals surface area contributed by atoms with Gasteiger partial charge in [-0.2, -0.15) is 10.2 Å². The number of aromatic nitrogens is 5. The summed E-state index contributed by atoms with van der Waals surface area (Å²) in [6.45, 7) is 2.49. The van der Waals surface area contributed by atoms with Crippen LogP contribution in [0.3, 0.4) is 0 Å². The lowest BCUT2D eigenvalue weighted by Gasteiger charge is -2.34. The Morgan fingerprint density at radius 3 is 2.83 bits per heavy atom. The van der Waals surface area contributed by atoms with Gasteiger partial charge in [-0.1, -0.05) is 6.07 Å². The van der Waals surface area contributed by atoms with Crippen molar-refractivity contribution in [2.45, 2.75) is 43.0 Å². The molecular formula is C24H25FN6O4S. The maximum Gasteiger partial charge on any atom is 0.265 e. The number of pyridine rings is 1. The van der Waals surface area contributed by atoms with Crippen molar-refractivity contribution < 1.29 is 22.3 Å². The normalized spacial score (nSPS) is 19.8. The number of rotatable bonds is 6. The average molecular weight is 513 g/mol. The molecule has 1 unspecified atom stereocenters. The molecule has 12 heteroatoms. The summed E-state index contributed by atoms with van der Waals surface area (Å²) >= 11 is 0. The van der Waals surface area contributed by atoms with Crippen molar-refractivity contribution in [1.82, 2.24) is 24.5 Å². The average Bonchev–Trinajstić information content (AvgIpc) is 3.50. The van der Waals surface area contributed by atoms with Crippen molar-refractivity contribution in [2.24, 2.45) is 0 Å². The first-order valence-electron chi connectivity index (χ1n) is 11.7. The third-order valence-corrected chi connectivity index (χ3v) is 7.93. The van der Waals surface area contributed by atoms with E-state index in [9.17, 15) is 12.8 Å². The van der Waals surface area contributed by atoms with E-state index in [0.29, 0.717) is 34.8 Å². The molecule has 0 saturated carbocycles. The summed E-state index contributed by atoms with van der Waals surface area (Å²) in [5.41, 5.74) is 0.776. The molecule has 4 aromatic rings. The lowest BCUT2D eigenvalue weighted by Crippen LogP contribution is -2.42. The Bertz CT molecular complexity index is 1540. The molecule has 1 aromatic carbocycles. The highest BCUT2D eigenvalue weighted by Gasteiger charge is 2.41. The molecule has 2 aliphatic heterocycles. The van der Waals surface area contributed by atoms with Crippen LogP contribution in [0.1, 0.15) is 36.7 Å². The molecule has 2 aliphatic rings. The van der Waals surface area contributed by atoms with E-state index < -0.39 is 15.7 Å². The zero-order valence-corrected chi connectivity index (χ0v) is 20.4. The van der Waals surface area contributed by atoms with Crippen LogP contribution < -0.4 is 4.72 Å². The lowest BCUT2D eigenvalue weighted by molar-refractivity contribution is -0.135. The fourth-order valence-electron chi connectivity index (χ4n) is 4.64. The number of alkyl halides is 1. The number of hydrogen-bond acceptors (Lipinski definition) is 7. The summed E-state index contributed by atoms with van der Waals surface area (Å²) in [5.74, 6) is 0.310. The zero-order chi connectivity index (χ0) is 24.9. The fourth-order valence-corrected chi connectivity index (χ4v) is 5.64. The Labute approximate surface area is 207 Å². The lowest BCUT2D eigenvalue weighted by atomic mass is 9.95. The van der Waals surface area contributed by atoms with Crippen LogP contribution in [-0.4, -0.2) is 52.8 Å². The summed E-state index contributed by atoms with van der Waals surface area (Å²) in [6, 6.07) is 8.53. The van der Waals surface area contributed by atoms with Crippen molar-refractivity contribution >= 4 is 26.6 Å². The topological polar surface area (TPSA) is 113 Å². The number of anilines is 1. The van der Waals surface area contributed by atoms with Crippen molar-refractivity contribution in [2.75, 3.05) is 24.5 Å². The first kappa shape index (κ1) is 23.1. The number of nitrogens with one attached hydrogen (secondary N) is 1. The Morgan fingerprint density at radius 1 is 1.22 bits per heavy atom. The van der Waals surface area contributed by atoms with Gasteiger partial charge in [0, 0.05) is 18.2 Å². The largest absolute Gasteiger partial charge is 0.374 e. The van der Waals surface area contributed by atoms with Crippen LogP contribution in [0.2, 0.25) is 0 Å². The molecule has 1 N–H and O–H groups in total. The molecule has 0 aliphatic carbocycles. The van der Waals surface area contributed by atoms with Gasteiger partial charge in [-0.05, 0) is 56.0 Å². The van der Waals surface area contributed by atoms with Crippen LogP contribution >= 0.6 is 0 Å². The molecular weight excluding hydrogens is 487 g/mol. The van der Waals surface area contributed by atoms with E-state index >= 15 is 0 Å². The summed E-state index contributed by atoms with van der Waals surface area (Å²) in [7, 11) is -3.98. The predicted octanol–water partition coefficient (Wildman–Crippen LogP) is 3.62. The van der Waals surface area contributed by atoms with E-state index in [4.69, 9.17) is 9.47 Å². The van der Waals surface area contributed by atoms with Crippen LogP contribution in [0.4, 0.5) is 10.1 Å². The van der Waals surface area contributed by atoms with Crippen molar-refractivity contribution in [1.29, 1.82) is 0 Å². The number of halogens is 1. The molecule has 0 spiro atoms. The highest BCUT2D eigenvalue weighted by molar-refractivity contribution is 7.92. The number of benzene rings is 1. The molecule has 6 rings (SSSR count). The standard InChI is InChI=1S/C24H25FN6O4S/c1-16-23-19(5-4-6-20(23)31(28-16)22-7-2-3-10-35-22)29-36(32,33)18-12-27-30(13-18)21-11-17(8-9-26-21)24(25)14-34-15-24/h4-6,8-9,11-13,22,29H,2-3,7,10,14-15H2,1H3. The molecule has 10 nitrogen and oxygen atoms in total. The second-order valence-electron chi connectivity index (χ2n) is 9.14. The van der Waals surface area contributed by atoms with Gasteiger partial charge in [0.1, 0.15) is 4.90 Å². The SMILES string of the molecule is Cc1nn(C2CCCCO2)c2cccc(NS(=O)(=O)c3cnn(-c4cc(C5(F)COC5)ccn4)c3)c12. The van der Waals surface area contributed by atoms with Gasteiger partial charge in [0.25, 0.3) is 10.0 Å². The van der Waals surface area contributed by atoms with Gasteiger partial charge in [0.05, 0.1) is 42.5 Å². The van der Waals surface area contributed by atoms with Gasteiger partial charge in [0.15, 0.2) is 17.7 Å². The van der Waals surface area contributed by atoms with Crippen LogP contribution in [0.25, 0.3) is 16.7 Å². The Balaban J connectivity index is 1.30. The molecule has 1 atom stereocenters. The predicted molar refractivity (Wildman–Crippen MR) is 129 cm³/mol. The first-order valence-corrected chi connectivity index (χ1v) is 13.2. The van der Waals surface area contributed by atoms with Gasteiger partial charge in [0.2, 0.25) is 0 Å². The molecule has 2 saturated heterocycles. The minimum Gasteiger partial charge on any atom is -0.374 e. The van der Waals surface area contributed by atoms with Crippen molar-refractivity contribution in [3.8, 4) is 5.82 Å². The van der Waals surface area contributed by atoms with E-state index in [0.717, 1.165) is 24.8 Å². The van der Waals surface area contributed by atoms with Crippen LogP contribution in [0.5, 0.6) is 0 Å². The Hall–Kier alpha value is -3.35. The molecule has 3 aromatic heterocycles. The van der Waals surface area contributed by atoms with E-state index in [-0.39, 0.29) is 24.3 Å². The van der Waals surface area contributed by atoms with Crippen LogP contribution in [0.15, 0.2) is 53.8 Å². The van der Waals surface area contributed by atoms with Crippen LogP contribution in [-0.2, 0) is 25.2 Å². The van der Waals surface area contributed by atoms with E-state index in [2.05, 4.69) is 19.9 Å². The number of aryl methyl sites for hydroxylation is 1. The van der Waals surface area contributed by atoms with Crippen molar-refractivity contribution in [3.63, 3.8) is 0 Å². The number of sulfonamides is 1. The number of fused-ring (bicyclic) bond motifs is 1. The third kappa shape index (κ3) is 3.94.